The van der Waals surface area contributed by atoms with Gasteiger partial charge in [-0.25, -0.2) is 9.97 Å². The van der Waals surface area contributed by atoms with E-state index in [9.17, 15) is 10.1 Å². The number of aryl methyl sites for hydroxylation is 1. The van der Waals surface area contributed by atoms with Crippen molar-refractivity contribution in [3.8, 4) is 5.88 Å². The van der Waals surface area contributed by atoms with E-state index in [1.54, 1.807) is 19.2 Å². The van der Waals surface area contributed by atoms with Crippen LogP contribution in [0.25, 0.3) is 0 Å². The van der Waals surface area contributed by atoms with E-state index in [4.69, 9.17) is 4.74 Å². The maximum Gasteiger partial charge on any atom is 0.290 e. The minimum atomic E-state index is -0.434. The zero-order chi connectivity index (χ0) is 16.2. The number of nitrogens with one attached hydrogen (secondary N) is 1. The van der Waals surface area contributed by atoms with Crippen LogP contribution in [0, 0.1) is 23.0 Å². The van der Waals surface area contributed by atoms with Crippen LogP contribution in [-0.4, -0.2) is 21.5 Å². The van der Waals surface area contributed by atoms with Crippen LogP contribution < -0.4 is 10.1 Å². The first-order chi connectivity index (χ1) is 11.1. The number of hydrogen-bond acceptors (Lipinski definition) is 6. The monoisotopic (exact) mass is 314 g/mol. The average molecular weight is 314 g/mol. The van der Waals surface area contributed by atoms with Crippen LogP contribution in [0.4, 0.5) is 11.5 Å². The van der Waals surface area contributed by atoms with E-state index in [-0.39, 0.29) is 5.69 Å². The topological polar surface area (TPSA) is 90.2 Å². The molecule has 1 aliphatic carbocycles. The molecule has 2 aromatic rings. The number of hydrogen-bond donors (Lipinski definition) is 1. The van der Waals surface area contributed by atoms with Crippen molar-refractivity contribution in [2.45, 2.75) is 26.3 Å². The highest BCUT2D eigenvalue weighted by Gasteiger charge is 2.22. The second-order valence-corrected chi connectivity index (χ2v) is 5.73. The molecule has 0 aromatic carbocycles. The molecule has 7 heteroatoms. The quantitative estimate of drug-likeness (QED) is 0.624. The molecule has 7 nitrogen and oxygen atoms in total. The molecule has 0 saturated heterocycles. The van der Waals surface area contributed by atoms with E-state index < -0.39 is 4.92 Å². The standard InChI is InChI=1S/C16H18N4O3/c1-11-6-15(18-9-14(11)20(21)22)17-7-13-4-5-16(19-8-13)23-10-12-2-3-12/h4-6,8-9,12H,2-3,7,10H2,1H3,(H,17,18). The van der Waals surface area contributed by atoms with E-state index in [2.05, 4.69) is 15.3 Å². The number of aromatic nitrogens is 2. The van der Waals surface area contributed by atoms with E-state index in [0.717, 1.165) is 12.2 Å². The summed E-state index contributed by atoms with van der Waals surface area (Å²) in [6.07, 6.45) is 5.53. The number of rotatable bonds is 7. The Morgan fingerprint density at radius 3 is 2.78 bits per heavy atom. The fourth-order valence-corrected chi connectivity index (χ4v) is 2.12. The summed E-state index contributed by atoms with van der Waals surface area (Å²) >= 11 is 0. The smallest absolute Gasteiger partial charge is 0.290 e. The van der Waals surface area contributed by atoms with Gasteiger partial charge in [0.2, 0.25) is 5.88 Å². The van der Waals surface area contributed by atoms with Gasteiger partial charge in [-0.3, -0.25) is 10.1 Å². The third kappa shape index (κ3) is 4.15. The first-order valence-corrected chi connectivity index (χ1v) is 7.54. The normalized spacial score (nSPS) is 13.6. The van der Waals surface area contributed by atoms with E-state index in [1.807, 2.05) is 12.1 Å². The Labute approximate surface area is 133 Å². The predicted octanol–water partition coefficient (Wildman–Crippen LogP) is 3.09. The lowest BCUT2D eigenvalue weighted by atomic mass is 10.2. The van der Waals surface area contributed by atoms with Gasteiger partial charge >= 0.3 is 0 Å². The molecule has 120 valence electrons. The molecule has 1 N–H and O–H groups in total. The Balaban J connectivity index is 1.55. The molecule has 23 heavy (non-hydrogen) atoms. The van der Waals surface area contributed by atoms with Crippen LogP contribution in [0.1, 0.15) is 24.0 Å². The molecular formula is C16H18N4O3. The Morgan fingerprint density at radius 2 is 2.17 bits per heavy atom. The predicted molar refractivity (Wildman–Crippen MR) is 85.4 cm³/mol. The highest BCUT2D eigenvalue weighted by molar-refractivity contribution is 5.47. The van der Waals surface area contributed by atoms with Gasteiger partial charge in [-0.15, -0.1) is 0 Å². The number of ether oxygens (including phenoxy) is 1. The van der Waals surface area contributed by atoms with Crippen molar-refractivity contribution >= 4 is 11.5 Å². The molecule has 2 heterocycles. The van der Waals surface area contributed by atoms with E-state index in [0.29, 0.717) is 29.7 Å². The van der Waals surface area contributed by atoms with Crippen LogP contribution in [0.3, 0.4) is 0 Å². The van der Waals surface area contributed by atoms with Crippen LogP contribution in [-0.2, 0) is 6.54 Å². The highest BCUT2D eigenvalue weighted by Crippen LogP contribution is 2.29. The van der Waals surface area contributed by atoms with Crippen molar-refractivity contribution in [2.75, 3.05) is 11.9 Å². The molecule has 1 aliphatic rings. The summed E-state index contributed by atoms with van der Waals surface area (Å²) in [5.74, 6) is 1.95. The van der Waals surface area contributed by atoms with Crippen LogP contribution in [0.2, 0.25) is 0 Å². The third-order valence-electron chi connectivity index (χ3n) is 3.71. The SMILES string of the molecule is Cc1cc(NCc2ccc(OCC3CC3)nc2)ncc1[N+](=O)[O-]. The second kappa shape index (κ2) is 6.60. The second-order valence-electron chi connectivity index (χ2n) is 5.73. The van der Waals surface area contributed by atoms with Gasteiger partial charge in [0.05, 0.1) is 11.5 Å². The van der Waals surface area contributed by atoms with E-state index >= 15 is 0 Å². The Kier molecular flexibility index (Phi) is 4.36. The molecule has 0 radical (unpaired) electrons. The van der Waals surface area contributed by atoms with Gasteiger partial charge < -0.3 is 10.1 Å². The molecule has 0 bridgehead atoms. The number of nitro groups is 1. The lowest BCUT2D eigenvalue weighted by Gasteiger charge is -2.08. The number of anilines is 1. The summed E-state index contributed by atoms with van der Waals surface area (Å²) in [5.41, 5.74) is 1.59. The number of pyridine rings is 2. The molecule has 0 spiro atoms. The minimum absolute atomic E-state index is 0.0226. The largest absolute Gasteiger partial charge is 0.477 e. The lowest BCUT2D eigenvalue weighted by Crippen LogP contribution is -2.04. The summed E-state index contributed by atoms with van der Waals surface area (Å²) in [7, 11) is 0. The van der Waals surface area contributed by atoms with Gasteiger partial charge in [0, 0.05) is 24.4 Å². The highest BCUT2D eigenvalue weighted by atomic mass is 16.6. The fourth-order valence-electron chi connectivity index (χ4n) is 2.12. The molecular weight excluding hydrogens is 296 g/mol. The Morgan fingerprint density at radius 1 is 1.35 bits per heavy atom. The van der Waals surface area contributed by atoms with Crippen molar-refractivity contribution in [2.24, 2.45) is 5.92 Å². The Hall–Kier alpha value is -2.70. The summed E-state index contributed by atoms with van der Waals surface area (Å²) in [6, 6.07) is 5.47. The molecule has 0 unspecified atom stereocenters. The number of nitrogens with zero attached hydrogens (tertiary/aromatic N) is 3. The van der Waals surface area contributed by atoms with Gasteiger partial charge in [0.25, 0.3) is 5.69 Å². The van der Waals surface area contributed by atoms with Crippen molar-refractivity contribution in [1.82, 2.24) is 9.97 Å². The molecule has 1 saturated carbocycles. The zero-order valence-corrected chi connectivity index (χ0v) is 12.9. The lowest BCUT2D eigenvalue weighted by molar-refractivity contribution is -0.385. The summed E-state index contributed by atoms with van der Waals surface area (Å²) in [6.45, 7) is 2.98. The fraction of sp³-hybridized carbons (Fsp3) is 0.375. The Bertz CT molecular complexity index is 699. The average Bonchev–Trinajstić information content (AvgIpc) is 3.36. The van der Waals surface area contributed by atoms with Gasteiger partial charge in [-0.1, -0.05) is 6.07 Å². The van der Waals surface area contributed by atoms with Gasteiger partial charge in [-0.05, 0) is 37.3 Å². The zero-order valence-electron chi connectivity index (χ0n) is 12.9. The van der Waals surface area contributed by atoms with Crippen molar-refractivity contribution in [1.29, 1.82) is 0 Å². The molecule has 0 aliphatic heterocycles. The van der Waals surface area contributed by atoms with Gasteiger partial charge in [0.1, 0.15) is 12.0 Å². The van der Waals surface area contributed by atoms with Gasteiger partial charge in [-0.2, -0.15) is 0 Å². The molecule has 0 amide bonds. The van der Waals surface area contributed by atoms with Gasteiger partial charge in [0.15, 0.2) is 0 Å². The molecule has 2 aromatic heterocycles. The van der Waals surface area contributed by atoms with Crippen LogP contribution in [0.15, 0.2) is 30.6 Å². The van der Waals surface area contributed by atoms with Crippen LogP contribution in [0.5, 0.6) is 5.88 Å². The van der Waals surface area contributed by atoms with Crippen molar-refractivity contribution < 1.29 is 9.66 Å². The summed E-state index contributed by atoms with van der Waals surface area (Å²) < 4.78 is 5.59. The van der Waals surface area contributed by atoms with Crippen molar-refractivity contribution in [3.05, 3.63) is 51.8 Å². The summed E-state index contributed by atoms with van der Waals surface area (Å²) in [4.78, 5) is 18.7. The van der Waals surface area contributed by atoms with E-state index in [1.165, 1.54) is 19.0 Å². The maximum atomic E-state index is 10.8. The third-order valence-corrected chi connectivity index (χ3v) is 3.71. The minimum Gasteiger partial charge on any atom is -0.477 e. The molecule has 1 fully saturated rings. The first-order valence-electron chi connectivity index (χ1n) is 7.54. The van der Waals surface area contributed by atoms with Crippen molar-refractivity contribution in [3.63, 3.8) is 0 Å². The summed E-state index contributed by atoms with van der Waals surface area (Å²) in [5, 5.41) is 13.9. The maximum absolute atomic E-state index is 10.8. The molecule has 3 rings (SSSR count). The van der Waals surface area contributed by atoms with Crippen LogP contribution >= 0.6 is 0 Å². The molecule has 0 atom stereocenters. The first kappa shape index (κ1) is 15.2.